The van der Waals surface area contributed by atoms with Crippen molar-refractivity contribution >= 4 is 29.2 Å². The van der Waals surface area contributed by atoms with Crippen molar-refractivity contribution in [3.05, 3.63) is 81.6 Å². The van der Waals surface area contributed by atoms with Gasteiger partial charge in [0.2, 0.25) is 0 Å². The van der Waals surface area contributed by atoms with Gasteiger partial charge in [0.1, 0.15) is 5.76 Å². The van der Waals surface area contributed by atoms with Gasteiger partial charge >= 0.3 is 5.97 Å². The average molecular weight is 311 g/mol. The Kier molecular flexibility index (Phi) is 3.86. The quantitative estimate of drug-likeness (QED) is 0.728. The summed E-state index contributed by atoms with van der Waals surface area (Å²) in [5.41, 5.74) is 4.45. The van der Waals surface area contributed by atoms with Gasteiger partial charge in [0.15, 0.2) is 0 Å². The summed E-state index contributed by atoms with van der Waals surface area (Å²) in [6.45, 7) is 3.94. The van der Waals surface area contributed by atoms with Crippen molar-refractivity contribution < 1.29 is 9.53 Å². The van der Waals surface area contributed by atoms with E-state index in [-0.39, 0.29) is 5.97 Å². The number of hydrogen-bond acceptors (Lipinski definition) is 2. The molecule has 0 radical (unpaired) electrons. The molecule has 0 atom stereocenters. The summed E-state index contributed by atoms with van der Waals surface area (Å²) in [6.07, 6.45) is 1.88. The number of esters is 1. The molecule has 0 aromatic heterocycles. The third-order valence-corrected chi connectivity index (χ3v) is 3.91. The van der Waals surface area contributed by atoms with Crippen molar-refractivity contribution in [2.75, 3.05) is 0 Å². The maximum Gasteiger partial charge on any atom is 0.344 e. The summed E-state index contributed by atoms with van der Waals surface area (Å²) in [6, 6.07) is 15.3. The predicted molar refractivity (Wildman–Crippen MR) is 89.3 cm³/mol. The summed E-state index contributed by atoms with van der Waals surface area (Å²) in [4.78, 5) is 12.2. The van der Waals surface area contributed by atoms with Crippen molar-refractivity contribution in [1.29, 1.82) is 0 Å². The number of allylic oxidation sites excluding steroid dienone is 1. The first-order valence-corrected chi connectivity index (χ1v) is 7.40. The lowest BCUT2D eigenvalue weighted by Gasteiger charge is -2.00. The van der Waals surface area contributed by atoms with E-state index in [0.717, 1.165) is 16.7 Å². The van der Waals surface area contributed by atoms with Crippen LogP contribution >= 0.6 is 11.6 Å². The van der Waals surface area contributed by atoms with Crippen molar-refractivity contribution in [3.8, 4) is 0 Å². The molecule has 1 aliphatic rings. The molecule has 0 amide bonds. The number of hydrogen-bond donors (Lipinski definition) is 0. The van der Waals surface area contributed by atoms with Gasteiger partial charge < -0.3 is 4.74 Å². The molecule has 0 saturated carbocycles. The maximum atomic E-state index is 12.2. The van der Waals surface area contributed by atoms with Gasteiger partial charge in [0, 0.05) is 10.6 Å². The van der Waals surface area contributed by atoms with Gasteiger partial charge in [-0.15, -0.1) is 0 Å². The van der Waals surface area contributed by atoms with E-state index in [0.29, 0.717) is 16.4 Å². The van der Waals surface area contributed by atoms with Crippen LogP contribution in [0.15, 0.2) is 59.9 Å². The molecular weight excluding hydrogens is 296 g/mol. The summed E-state index contributed by atoms with van der Waals surface area (Å²) in [5, 5.41) is 0.642. The number of carbonyl (C=O) groups excluding carboxylic acids is 1. The zero-order chi connectivity index (χ0) is 15.7. The van der Waals surface area contributed by atoms with Crippen molar-refractivity contribution in [2.45, 2.75) is 13.8 Å². The molecule has 1 heterocycles. The monoisotopic (exact) mass is 310 g/mol. The molecule has 2 aromatic rings. The molecular formula is C19H15ClO2. The SMILES string of the molecule is CC1=C(c2ccc(Cl)cc2)C(=O)O/C1=C/c1ccc(C)cc1. The largest absolute Gasteiger partial charge is 0.423 e. The van der Waals surface area contributed by atoms with Crippen LogP contribution in [0.5, 0.6) is 0 Å². The lowest BCUT2D eigenvalue weighted by Crippen LogP contribution is -1.98. The number of benzene rings is 2. The normalized spacial score (nSPS) is 16.3. The Bertz CT molecular complexity index is 781. The minimum Gasteiger partial charge on any atom is -0.423 e. The van der Waals surface area contributed by atoms with E-state index < -0.39 is 0 Å². The first-order chi connectivity index (χ1) is 10.5. The highest BCUT2D eigenvalue weighted by Gasteiger charge is 2.28. The molecule has 1 aliphatic heterocycles. The summed E-state index contributed by atoms with van der Waals surface area (Å²) in [7, 11) is 0. The van der Waals surface area contributed by atoms with E-state index >= 15 is 0 Å². The third kappa shape index (κ3) is 2.83. The smallest absolute Gasteiger partial charge is 0.344 e. The number of halogens is 1. The standard InChI is InChI=1S/C19H15ClO2/c1-12-3-5-14(6-4-12)11-17-13(2)18(19(21)22-17)15-7-9-16(20)10-8-15/h3-11H,1-2H3/b17-11+. The van der Waals surface area contributed by atoms with Gasteiger partial charge in [-0.3, -0.25) is 0 Å². The number of ether oxygens (including phenoxy) is 1. The fraction of sp³-hybridized carbons (Fsp3) is 0.105. The fourth-order valence-corrected chi connectivity index (χ4v) is 2.53. The highest BCUT2D eigenvalue weighted by Crippen LogP contribution is 2.34. The van der Waals surface area contributed by atoms with Gasteiger partial charge in [0.25, 0.3) is 0 Å². The molecule has 22 heavy (non-hydrogen) atoms. The molecule has 0 fully saturated rings. The van der Waals surface area contributed by atoms with Crippen molar-refractivity contribution in [1.82, 2.24) is 0 Å². The van der Waals surface area contributed by atoms with E-state index in [1.165, 1.54) is 5.56 Å². The second-order valence-electron chi connectivity index (χ2n) is 5.32. The minimum atomic E-state index is -0.321. The number of rotatable bonds is 2. The van der Waals surface area contributed by atoms with E-state index in [4.69, 9.17) is 16.3 Å². The maximum absolute atomic E-state index is 12.2. The molecule has 3 heteroatoms. The van der Waals surface area contributed by atoms with Crippen molar-refractivity contribution in [2.24, 2.45) is 0 Å². The Balaban J connectivity index is 2.00. The highest BCUT2D eigenvalue weighted by molar-refractivity contribution is 6.30. The number of cyclic esters (lactones) is 1. The Hall–Kier alpha value is -2.32. The fourth-order valence-electron chi connectivity index (χ4n) is 2.41. The molecule has 0 unspecified atom stereocenters. The lowest BCUT2D eigenvalue weighted by molar-refractivity contribution is -0.131. The summed E-state index contributed by atoms with van der Waals surface area (Å²) >= 11 is 5.90. The van der Waals surface area contributed by atoms with Crippen LogP contribution in [-0.4, -0.2) is 5.97 Å². The van der Waals surface area contributed by atoms with E-state index in [1.807, 2.05) is 56.3 Å². The number of aryl methyl sites for hydroxylation is 1. The zero-order valence-corrected chi connectivity index (χ0v) is 13.1. The zero-order valence-electron chi connectivity index (χ0n) is 12.4. The van der Waals surface area contributed by atoms with Crippen LogP contribution in [0.1, 0.15) is 23.6 Å². The van der Waals surface area contributed by atoms with Gasteiger partial charge in [-0.1, -0.05) is 53.6 Å². The Morgan fingerprint density at radius 3 is 2.23 bits per heavy atom. The molecule has 0 spiro atoms. The minimum absolute atomic E-state index is 0.321. The first-order valence-electron chi connectivity index (χ1n) is 7.02. The van der Waals surface area contributed by atoms with Crippen LogP contribution in [0.3, 0.4) is 0 Å². The Labute approximate surface area is 134 Å². The molecule has 0 aliphatic carbocycles. The summed E-state index contributed by atoms with van der Waals surface area (Å²) < 4.78 is 5.42. The topological polar surface area (TPSA) is 26.3 Å². The van der Waals surface area contributed by atoms with Crippen LogP contribution < -0.4 is 0 Å². The lowest BCUT2D eigenvalue weighted by atomic mass is 10.0. The van der Waals surface area contributed by atoms with Crippen LogP contribution in [0.4, 0.5) is 0 Å². The average Bonchev–Trinajstić information content (AvgIpc) is 2.77. The molecule has 0 N–H and O–H groups in total. The van der Waals surface area contributed by atoms with Gasteiger partial charge in [-0.05, 0) is 43.2 Å². The summed E-state index contributed by atoms with van der Waals surface area (Å²) in [5.74, 6) is 0.275. The van der Waals surface area contributed by atoms with Crippen molar-refractivity contribution in [3.63, 3.8) is 0 Å². The first kappa shape index (κ1) is 14.6. The Morgan fingerprint density at radius 1 is 0.955 bits per heavy atom. The molecule has 2 nitrogen and oxygen atoms in total. The molecule has 3 rings (SSSR count). The van der Waals surface area contributed by atoms with E-state index in [9.17, 15) is 4.79 Å². The Morgan fingerprint density at radius 2 is 1.59 bits per heavy atom. The highest BCUT2D eigenvalue weighted by atomic mass is 35.5. The van der Waals surface area contributed by atoms with Crippen LogP contribution in [0.2, 0.25) is 5.02 Å². The second kappa shape index (κ2) is 5.82. The predicted octanol–water partition coefficient (Wildman–Crippen LogP) is 5.02. The second-order valence-corrected chi connectivity index (χ2v) is 5.75. The number of carbonyl (C=O) groups is 1. The van der Waals surface area contributed by atoms with Gasteiger partial charge in [-0.25, -0.2) is 4.79 Å². The van der Waals surface area contributed by atoms with Crippen LogP contribution in [0, 0.1) is 6.92 Å². The van der Waals surface area contributed by atoms with E-state index in [2.05, 4.69) is 0 Å². The molecule has 110 valence electrons. The van der Waals surface area contributed by atoms with Crippen LogP contribution in [0.25, 0.3) is 11.6 Å². The van der Waals surface area contributed by atoms with Gasteiger partial charge in [-0.2, -0.15) is 0 Å². The van der Waals surface area contributed by atoms with Gasteiger partial charge in [0.05, 0.1) is 5.57 Å². The molecule has 0 saturated heterocycles. The molecule has 0 bridgehead atoms. The van der Waals surface area contributed by atoms with E-state index in [1.54, 1.807) is 12.1 Å². The third-order valence-electron chi connectivity index (χ3n) is 3.66. The molecule has 2 aromatic carbocycles. The van der Waals surface area contributed by atoms with Crippen LogP contribution in [-0.2, 0) is 9.53 Å².